The van der Waals surface area contributed by atoms with Crippen LogP contribution in [0.4, 0.5) is 11.4 Å². The lowest BCUT2D eigenvalue weighted by atomic mass is 9.98. The van der Waals surface area contributed by atoms with Crippen LogP contribution in [0.25, 0.3) is 21.6 Å². The van der Waals surface area contributed by atoms with Gasteiger partial charge in [-0.2, -0.15) is 10.5 Å². The van der Waals surface area contributed by atoms with E-state index in [0.717, 1.165) is 21.6 Å². The second kappa shape index (κ2) is 8.58. The van der Waals surface area contributed by atoms with Crippen LogP contribution < -0.4 is 9.62 Å². The van der Waals surface area contributed by atoms with Gasteiger partial charge in [-0.3, -0.25) is 9.62 Å². The minimum absolute atomic E-state index is 0.476. The number of hydrogen-bond donors (Lipinski definition) is 1. The van der Waals surface area contributed by atoms with Crippen LogP contribution in [0.5, 0.6) is 0 Å². The molecule has 0 atom stereocenters. The summed E-state index contributed by atoms with van der Waals surface area (Å²) in [6, 6.07) is 16.9. The third-order valence-corrected chi connectivity index (χ3v) is 7.37. The monoisotopic (exact) mass is 436 g/mol. The van der Waals surface area contributed by atoms with E-state index in [1.165, 1.54) is 16.2 Å². The molecule has 0 spiro atoms. The van der Waals surface area contributed by atoms with E-state index >= 15 is 0 Å². The minimum atomic E-state index is -3.43. The zero-order chi connectivity index (χ0) is 21.9. The first-order valence-corrected chi connectivity index (χ1v) is 11.6. The molecule has 0 aliphatic heterocycles. The summed E-state index contributed by atoms with van der Waals surface area (Å²) in [6.07, 6.45) is 2.02. The Bertz CT molecular complexity index is 1250. The maximum atomic E-state index is 12.2. The quantitative estimate of drug-likeness (QED) is 0.432. The maximum absolute atomic E-state index is 12.2. The Morgan fingerprint density at radius 1 is 1.03 bits per heavy atom. The van der Waals surface area contributed by atoms with Crippen molar-refractivity contribution in [2.45, 2.75) is 19.1 Å². The molecule has 152 valence electrons. The molecule has 0 radical (unpaired) electrons. The summed E-state index contributed by atoms with van der Waals surface area (Å²) in [7, 11) is -1.80. The van der Waals surface area contributed by atoms with Crippen LogP contribution in [0.3, 0.4) is 0 Å². The van der Waals surface area contributed by atoms with E-state index in [9.17, 15) is 13.7 Å². The van der Waals surface area contributed by atoms with Crippen molar-refractivity contribution in [3.05, 3.63) is 59.5 Å². The zero-order valence-electron chi connectivity index (χ0n) is 16.7. The van der Waals surface area contributed by atoms with Crippen molar-refractivity contribution in [3.63, 3.8) is 0 Å². The van der Waals surface area contributed by atoms with Crippen molar-refractivity contribution in [2.75, 3.05) is 16.7 Å². The number of benzene rings is 2. The Morgan fingerprint density at radius 2 is 1.70 bits per heavy atom. The third kappa shape index (κ3) is 4.30. The number of sulfonamides is 1. The lowest BCUT2D eigenvalue weighted by molar-refractivity contribution is 0.593. The molecule has 6 nitrogen and oxygen atoms in total. The molecule has 1 heterocycles. The average Bonchev–Trinajstić information content (AvgIpc) is 3.20. The van der Waals surface area contributed by atoms with Crippen molar-refractivity contribution < 1.29 is 8.42 Å². The highest BCUT2D eigenvalue weighted by Crippen LogP contribution is 2.36. The molecule has 0 unspecified atom stereocenters. The van der Waals surface area contributed by atoms with Crippen molar-refractivity contribution in [1.29, 1.82) is 10.5 Å². The summed E-state index contributed by atoms with van der Waals surface area (Å²) in [4.78, 5) is 2.22. The first-order chi connectivity index (χ1) is 14.3. The largest absolute Gasteiger partial charge is 0.283 e. The second-order valence-electron chi connectivity index (χ2n) is 6.94. The molecule has 0 saturated carbocycles. The molecule has 0 bridgehead atoms. The van der Waals surface area contributed by atoms with Crippen LogP contribution in [0.1, 0.15) is 19.4 Å². The molecule has 0 fully saturated rings. The fraction of sp³-hybridized carbons (Fsp3) is 0.182. The lowest BCUT2D eigenvalue weighted by Crippen LogP contribution is -2.22. The minimum Gasteiger partial charge on any atom is -0.283 e. The summed E-state index contributed by atoms with van der Waals surface area (Å²) in [5.74, 6) is 0. The Balaban J connectivity index is 1.94. The maximum Gasteiger partial charge on any atom is 0.235 e. The van der Waals surface area contributed by atoms with Crippen molar-refractivity contribution in [1.82, 2.24) is 0 Å². The van der Waals surface area contributed by atoms with Gasteiger partial charge in [0.15, 0.2) is 6.19 Å². The van der Waals surface area contributed by atoms with Crippen LogP contribution in [0.15, 0.2) is 53.9 Å². The van der Waals surface area contributed by atoms with Gasteiger partial charge >= 0.3 is 0 Å². The Morgan fingerprint density at radius 3 is 2.30 bits per heavy atom. The van der Waals surface area contributed by atoms with Crippen molar-refractivity contribution in [3.8, 4) is 33.8 Å². The Hall–Kier alpha value is -3.33. The van der Waals surface area contributed by atoms with Gasteiger partial charge in [0.2, 0.25) is 10.0 Å². The molecule has 0 amide bonds. The summed E-state index contributed by atoms with van der Waals surface area (Å²) in [5, 5.41) is 19.9. The summed E-state index contributed by atoms with van der Waals surface area (Å²) in [5.41, 5.74) is 4.20. The van der Waals surface area contributed by atoms with E-state index in [-0.39, 0.29) is 0 Å². The van der Waals surface area contributed by atoms with Gasteiger partial charge in [0, 0.05) is 7.05 Å². The zero-order valence-corrected chi connectivity index (χ0v) is 18.4. The average molecular weight is 437 g/mol. The first-order valence-electron chi connectivity index (χ1n) is 9.14. The van der Waals surface area contributed by atoms with Gasteiger partial charge < -0.3 is 0 Å². The topological polar surface area (TPSA) is 97.0 Å². The predicted octanol–water partition coefficient (Wildman–Crippen LogP) is 5.02. The molecule has 3 rings (SSSR count). The Labute approximate surface area is 180 Å². The highest BCUT2D eigenvalue weighted by molar-refractivity contribution is 7.93. The van der Waals surface area contributed by atoms with E-state index in [2.05, 4.69) is 10.8 Å². The third-order valence-electron chi connectivity index (χ3n) is 4.66. The van der Waals surface area contributed by atoms with E-state index in [4.69, 9.17) is 5.26 Å². The normalized spacial score (nSPS) is 11.0. The van der Waals surface area contributed by atoms with Crippen LogP contribution in [0.2, 0.25) is 0 Å². The van der Waals surface area contributed by atoms with Crippen LogP contribution in [-0.2, 0) is 10.0 Å². The molecule has 2 aromatic carbocycles. The summed E-state index contributed by atoms with van der Waals surface area (Å²) < 4.78 is 27.1. The van der Waals surface area contributed by atoms with Gasteiger partial charge in [-0.25, -0.2) is 8.42 Å². The molecule has 0 aliphatic carbocycles. The van der Waals surface area contributed by atoms with Gasteiger partial charge in [0.25, 0.3) is 0 Å². The fourth-order valence-electron chi connectivity index (χ4n) is 2.83. The van der Waals surface area contributed by atoms with Crippen molar-refractivity contribution in [2.24, 2.45) is 0 Å². The SMILES string of the molecule is CC(C)S(=O)(=O)Nc1ccsc1-c1ccc(-c2ccc(N(C)C#N)cc2C#N)cc1. The van der Waals surface area contributed by atoms with Crippen LogP contribution in [0, 0.1) is 22.8 Å². The smallest absolute Gasteiger partial charge is 0.235 e. The molecule has 3 aromatic rings. The molecular formula is C22H20N4O2S2. The molecule has 30 heavy (non-hydrogen) atoms. The highest BCUT2D eigenvalue weighted by Gasteiger charge is 2.18. The second-order valence-corrected chi connectivity index (χ2v) is 10.1. The van der Waals surface area contributed by atoms with Gasteiger partial charge in [-0.05, 0) is 54.1 Å². The van der Waals surface area contributed by atoms with E-state index in [0.29, 0.717) is 16.9 Å². The fourth-order valence-corrected chi connectivity index (χ4v) is 4.46. The summed E-state index contributed by atoms with van der Waals surface area (Å²) >= 11 is 1.46. The van der Waals surface area contributed by atoms with Gasteiger partial charge in [-0.1, -0.05) is 30.3 Å². The number of thiophene rings is 1. The molecule has 0 saturated heterocycles. The number of nitriles is 2. The Kier molecular flexibility index (Phi) is 6.12. The molecule has 0 aliphatic rings. The standard InChI is InChI=1S/C22H20N4O2S2/c1-15(2)30(27,28)25-21-10-11-29-22(21)17-6-4-16(5-7-17)20-9-8-19(26(3)14-24)12-18(20)13-23/h4-12,15,25H,1-3H3. The lowest BCUT2D eigenvalue weighted by Gasteiger charge is -2.13. The number of hydrogen-bond acceptors (Lipinski definition) is 6. The molecule has 8 heteroatoms. The van der Waals surface area contributed by atoms with E-state index in [1.807, 2.05) is 41.9 Å². The van der Waals surface area contributed by atoms with Gasteiger partial charge in [0.1, 0.15) is 0 Å². The number of nitrogens with one attached hydrogen (secondary N) is 1. The number of nitrogens with zero attached hydrogens (tertiary/aromatic N) is 3. The van der Waals surface area contributed by atoms with E-state index < -0.39 is 15.3 Å². The van der Waals surface area contributed by atoms with Crippen molar-refractivity contribution >= 4 is 32.7 Å². The molecule has 1 N–H and O–H groups in total. The van der Waals surface area contributed by atoms with Crippen LogP contribution in [-0.4, -0.2) is 20.7 Å². The van der Waals surface area contributed by atoms with Gasteiger partial charge in [0.05, 0.1) is 33.1 Å². The first kappa shape index (κ1) is 21.4. The molecule has 1 aromatic heterocycles. The van der Waals surface area contributed by atoms with E-state index in [1.54, 1.807) is 39.1 Å². The van der Waals surface area contributed by atoms with Crippen LogP contribution >= 0.6 is 11.3 Å². The summed E-state index contributed by atoms with van der Waals surface area (Å²) in [6.45, 7) is 3.27. The highest BCUT2D eigenvalue weighted by atomic mass is 32.2. The number of anilines is 2. The van der Waals surface area contributed by atoms with Gasteiger partial charge in [-0.15, -0.1) is 11.3 Å². The molecular weight excluding hydrogens is 416 g/mol. The number of rotatable bonds is 6. The predicted molar refractivity (Wildman–Crippen MR) is 122 cm³/mol.